The monoisotopic (exact) mass is 350 g/mol. The van der Waals surface area contributed by atoms with Gasteiger partial charge in [-0.1, -0.05) is 6.58 Å². The smallest absolute Gasteiger partial charge is 0.333 e. The number of hydrogen-bond acceptors (Lipinski definition) is 6. The van der Waals surface area contributed by atoms with Gasteiger partial charge in [0.15, 0.2) is 14.8 Å². The highest BCUT2D eigenvalue weighted by molar-refractivity contribution is 7.70. The lowest BCUT2D eigenvalue weighted by Crippen LogP contribution is -2.45. The fourth-order valence-corrected chi connectivity index (χ4v) is 3.33. The highest BCUT2D eigenvalue weighted by Gasteiger charge is 2.47. The van der Waals surface area contributed by atoms with Gasteiger partial charge in [-0.2, -0.15) is 0 Å². The van der Waals surface area contributed by atoms with Crippen LogP contribution in [0.2, 0.25) is 0 Å². The molecule has 0 saturated heterocycles. The van der Waals surface area contributed by atoms with Crippen LogP contribution in [0.3, 0.4) is 0 Å². The molecular formula is C15H29NO6P+. The molecule has 0 aliphatic heterocycles. The molecule has 0 aliphatic rings. The van der Waals surface area contributed by atoms with Crippen molar-refractivity contribution >= 4 is 19.6 Å². The summed E-state index contributed by atoms with van der Waals surface area (Å²) < 4.78 is 16.5. The minimum atomic E-state index is -2.32. The van der Waals surface area contributed by atoms with Crippen molar-refractivity contribution in [2.75, 3.05) is 47.5 Å². The molecule has 0 aromatic carbocycles. The predicted octanol–water partition coefficient (Wildman–Crippen LogP) is 1.45. The van der Waals surface area contributed by atoms with E-state index in [9.17, 15) is 14.5 Å². The Bertz CT molecular complexity index is 426. The fourth-order valence-electron chi connectivity index (χ4n) is 1.70. The van der Waals surface area contributed by atoms with Crippen LogP contribution >= 0.6 is 8.15 Å². The Balaban J connectivity index is 5.33. The molecule has 8 heteroatoms. The van der Waals surface area contributed by atoms with Crippen molar-refractivity contribution in [3.63, 3.8) is 0 Å². The number of rotatable bonds is 11. The SMILES string of the molecule is C=C(C)C(=O)OCC(OCC)(OCC)P(O)C(=O)C[N+](C)(C)C. The highest BCUT2D eigenvalue weighted by Crippen LogP contribution is 2.49. The van der Waals surface area contributed by atoms with E-state index in [1.807, 2.05) is 21.1 Å². The Labute approximate surface area is 139 Å². The zero-order valence-corrected chi connectivity index (χ0v) is 15.8. The number of quaternary nitrogens is 1. The maximum Gasteiger partial charge on any atom is 0.333 e. The minimum Gasteiger partial charge on any atom is -0.456 e. The van der Waals surface area contributed by atoms with E-state index in [1.165, 1.54) is 6.92 Å². The van der Waals surface area contributed by atoms with Crippen molar-refractivity contribution in [1.82, 2.24) is 0 Å². The van der Waals surface area contributed by atoms with Gasteiger partial charge in [-0.25, -0.2) is 4.79 Å². The molecule has 0 rings (SSSR count). The molecule has 7 nitrogen and oxygen atoms in total. The van der Waals surface area contributed by atoms with Crippen LogP contribution in [0.15, 0.2) is 12.2 Å². The van der Waals surface area contributed by atoms with Gasteiger partial charge in [0.25, 0.3) is 5.53 Å². The lowest BCUT2D eigenvalue weighted by atomic mass is 10.4. The second-order valence-corrected chi connectivity index (χ2v) is 7.89. The van der Waals surface area contributed by atoms with E-state index in [1.54, 1.807) is 13.8 Å². The number of nitrogens with zero attached hydrogens (tertiary/aromatic N) is 1. The van der Waals surface area contributed by atoms with Crippen molar-refractivity contribution < 1.29 is 33.2 Å². The van der Waals surface area contributed by atoms with Gasteiger partial charge in [-0.3, -0.25) is 4.79 Å². The van der Waals surface area contributed by atoms with Crippen LogP contribution in [0, 0.1) is 0 Å². The van der Waals surface area contributed by atoms with Gasteiger partial charge in [0.2, 0.25) is 5.52 Å². The maximum atomic E-state index is 12.4. The van der Waals surface area contributed by atoms with Gasteiger partial charge >= 0.3 is 5.97 Å². The summed E-state index contributed by atoms with van der Waals surface area (Å²) in [6.45, 7) is 8.56. The quantitative estimate of drug-likeness (QED) is 0.200. The largest absolute Gasteiger partial charge is 0.456 e. The first-order valence-electron chi connectivity index (χ1n) is 7.42. The summed E-state index contributed by atoms with van der Waals surface area (Å²) in [5, 5.41) is 0. The van der Waals surface area contributed by atoms with E-state index < -0.39 is 19.6 Å². The molecule has 0 aromatic rings. The van der Waals surface area contributed by atoms with Crippen LogP contribution in [0.4, 0.5) is 0 Å². The van der Waals surface area contributed by atoms with E-state index in [0.29, 0.717) is 4.48 Å². The van der Waals surface area contributed by atoms with E-state index in [-0.39, 0.29) is 37.5 Å². The Kier molecular flexibility index (Phi) is 9.10. The zero-order valence-electron chi connectivity index (χ0n) is 14.9. The molecule has 1 N–H and O–H groups in total. The molecule has 1 unspecified atom stereocenters. The van der Waals surface area contributed by atoms with Crippen molar-refractivity contribution in [2.24, 2.45) is 0 Å². The second-order valence-electron chi connectivity index (χ2n) is 6.09. The van der Waals surface area contributed by atoms with E-state index >= 15 is 0 Å². The van der Waals surface area contributed by atoms with Crippen molar-refractivity contribution in [3.8, 4) is 0 Å². The topological polar surface area (TPSA) is 82.1 Å². The third-order valence-electron chi connectivity index (χ3n) is 2.64. The summed E-state index contributed by atoms with van der Waals surface area (Å²) in [6, 6.07) is 0. The molecule has 0 heterocycles. The summed E-state index contributed by atoms with van der Waals surface area (Å²) >= 11 is 0. The lowest BCUT2D eigenvalue weighted by Gasteiger charge is -2.36. The van der Waals surface area contributed by atoms with Crippen molar-refractivity contribution in [3.05, 3.63) is 12.2 Å². The van der Waals surface area contributed by atoms with Gasteiger partial charge in [0, 0.05) is 18.8 Å². The molecule has 0 aromatic heterocycles. The normalized spacial score (nSPS) is 13.5. The first kappa shape index (κ1) is 22.1. The van der Waals surface area contributed by atoms with Crippen LogP contribution in [0.5, 0.6) is 0 Å². The Morgan fingerprint density at radius 1 is 1.17 bits per heavy atom. The average Bonchev–Trinajstić information content (AvgIpc) is 2.42. The molecule has 23 heavy (non-hydrogen) atoms. The lowest BCUT2D eigenvalue weighted by molar-refractivity contribution is -0.861. The molecular weight excluding hydrogens is 321 g/mol. The molecule has 0 amide bonds. The minimum absolute atomic E-state index is 0.110. The Hall–Kier alpha value is -0.850. The molecule has 0 saturated carbocycles. The first-order chi connectivity index (χ1) is 10.5. The van der Waals surface area contributed by atoms with Crippen LogP contribution in [0.1, 0.15) is 20.8 Å². The number of hydrogen-bond donors (Lipinski definition) is 1. The summed E-state index contributed by atoms with van der Waals surface area (Å²) in [4.78, 5) is 34.5. The summed E-state index contributed by atoms with van der Waals surface area (Å²) in [7, 11) is 3.19. The van der Waals surface area contributed by atoms with Crippen molar-refractivity contribution in [2.45, 2.75) is 26.3 Å². The predicted molar refractivity (Wildman–Crippen MR) is 88.8 cm³/mol. The average molecular weight is 350 g/mol. The van der Waals surface area contributed by atoms with E-state index in [2.05, 4.69) is 6.58 Å². The standard InChI is InChI=1S/C15H29NO6P/c1-8-21-15(22-9-2,11-20-14(18)12(3)4)23(19)13(17)10-16(5,6)7/h19H,3,8-11H2,1-2,4-7H3/q+1. The van der Waals surface area contributed by atoms with Gasteiger partial charge in [-0.15, -0.1) is 0 Å². The van der Waals surface area contributed by atoms with E-state index in [4.69, 9.17) is 14.2 Å². The third-order valence-corrected chi connectivity index (χ3v) is 4.29. The summed E-state index contributed by atoms with van der Waals surface area (Å²) in [6.07, 6.45) is 0. The highest BCUT2D eigenvalue weighted by atomic mass is 31.1. The van der Waals surface area contributed by atoms with Gasteiger partial charge in [0.1, 0.15) is 6.54 Å². The van der Waals surface area contributed by atoms with Crippen LogP contribution in [-0.4, -0.2) is 73.9 Å². The zero-order chi connectivity index (χ0) is 18.3. The van der Waals surface area contributed by atoms with Gasteiger partial charge in [0.05, 0.1) is 21.1 Å². The summed E-state index contributed by atoms with van der Waals surface area (Å²) in [5.41, 5.74) is -1.83. The van der Waals surface area contributed by atoms with Crippen molar-refractivity contribution in [1.29, 1.82) is 0 Å². The van der Waals surface area contributed by atoms with Crippen LogP contribution < -0.4 is 0 Å². The molecule has 0 fully saturated rings. The number of likely N-dealkylation sites (N-methyl/N-ethyl adjacent to an activating group) is 1. The van der Waals surface area contributed by atoms with Crippen LogP contribution in [0.25, 0.3) is 0 Å². The molecule has 134 valence electrons. The van der Waals surface area contributed by atoms with Gasteiger partial charge in [-0.05, 0) is 20.8 Å². The fraction of sp³-hybridized carbons (Fsp3) is 0.733. The van der Waals surface area contributed by atoms with Gasteiger partial charge < -0.3 is 23.6 Å². The Morgan fingerprint density at radius 2 is 1.65 bits per heavy atom. The van der Waals surface area contributed by atoms with E-state index in [0.717, 1.165) is 0 Å². The molecule has 0 spiro atoms. The number of esters is 1. The number of ether oxygens (including phenoxy) is 3. The third kappa shape index (κ3) is 7.50. The molecule has 0 aliphatic carbocycles. The first-order valence-corrected chi connectivity index (χ1v) is 8.71. The van der Waals surface area contributed by atoms with Crippen LogP contribution in [-0.2, 0) is 23.8 Å². The summed E-state index contributed by atoms with van der Waals surface area (Å²) in [5.74, 6) is -0.628. The number of carbonyl (C=O) groups is 2. The Morgan fingerprint density at radius 3 is 2.00 bits per heavy atom. The molecule has 1 atom stereocenters. The second kappa shape index (κ2) is 9.45. The maximum absolute atomic E-state index is 12.4. The molecule has 0 bridgehead atoms. The molecule has 0 radical (unpaired) electrons. The number of carbonyl (C=O) groups excluding carboxylic acids is 2.